The van der Waals surface area contributed by atoms with Crippen molar-refractivity contribution in [2.45, 2.75) is 38.8 Å². The molecule has 0 aromatic heterocycles. The number of rotatable bonds is 7. The third-order valence-corrected chi connectivity index (χ3v) is 5.69. The maximum atomic E-state index is 12.4. The number of amides is 1. The summed E-state index contributed by atoms with van der Waals surface area (Å²) in [6.45, 7) is 8.71. The molecule has 1 saturated heterocycles. The summed E-state index contributed by atoms with van der Waals surface area (Å²) in [4.78, 5) is 16.9. The number of ether oxygens (including phenoxy) is 1. The highest BCUT2D eigenvalue weighted by molar-refractivity contribution is 5.79. The lowest BCUT2D eigenvalue weighted by Crippen LogP contribution is -2.53. The number of nitrogens with zero attached hydrogens (tertiary/aromatic N) is 3. The Morgan fingerprint density at radius 1 is 1.30 bits per heavy atom. The van der Waals surface area contributed by atoms with Crippen LogP contribution in [0.5, 0.6) is 5.75 Å². The molecule has 2 fully saturated rings. The first-order chi connectivity index (χ1) is 12.9. The maximum absolute atomic E-state index is 12.4. The first-order valence-corrected chi connectivity index (χ1v) is 9.74. The van der Waals surface area contributed by atoms with Gasteiger partial charge in [0.05, 0.1) is 19.7 Å². The Morgan fingerprint density at radius 3 is 2.56 bits per heavy atom. The van der Waals surface area contributed by atoms with E-state index >= 15 is 0 Å². The van der Waals surface area contributed by atoms with Gasteiger partial charge in [0.25, 0.3) is 0 Å². The molecular formula is C21H30N4O2. The summed E-state index contributed by atoms with van der Waals surface area (Å²) in [5, 5.41) is 12.3. The number of carbonyl (C=O) groups is 1. The molecule has 1 heterocycles. The van der Waals surface area contributed by atoms with Crippen LogP contribution in [0.4, 0.5) is 0 Å². The monoisotopic (exact) mass is 370 g/mol. The zero-order valence-corrected chi connectivity index (χ0v) is 16.6. The minimum atomic E-state index is -0.708. The summed E-state index contributed by atoms with van der Waals surface area (Å²) in [7, 11) is 1.71. The topological polar surface area (TPSA) is 68.6 Å². The minimum absolute atomic E-state index is 0.0419. The van der Waals surface area contributed by atoms with Crippen LogP contribution in [0.25, 0.3) is 0 Å². The van der Waals surface area contributed by atoms with Crippen molar-refractivity contribution >= 4 is 5.91 Å². The molecule has 146 valence electrons. The van der Waals surface area contributed by atoms with E-state index in [1.807, 2.05) is 13.0 Å². The van der Waals surface area contributed by atoms with Gasteiger partial charge in [0.2, 0.25) is 5.91 Å². The van der Waals surface area contributed by atoms with Gasteiger partial charge in [-0.25, -0.2) is 0 Å². The van der Waals surface area contributed by atoms with Gasteiger partial charge in [-0.1, -0.05) is 17.7 Å². The highest BCUT2D eigenvalue weighted by Crippen LogP contribution is 2.39. The Bertz CT molecular complexity index is 717. The summed E-state index contributed by atoms with van der Waals surface area (Å²) in [6, 6.07) is 8.56. The Morgan fingerprint density at radius 2 is 1.96 bits per heavy atom. The van der Waals surface area contributed by atoms with Crippen LogP contribution >= 0.6 is 0 Å². The van der Waals surface area contributed by atoms with Crippen molar-refractivity contribution in [2.75, 3.05) is 39.8 Å². The van der Waals surface area contributed by atoms with Crippen LogP contribution in [0.15, 0.2) is 18.2 Å². The molecule has 3 rings (SSSR count). The third kappa shape index (κ3) is 5.00. The SMILES string of the molecule is COc1ccc(C)cc1CN1CCN(CC(=O)N[C@](C)(C#N)C2CC2)CC1. The summed E-state index contributed by atoms with van der Waals surface area (Å²) in [6.07, 6.45) is 2.07. The average molecular weight is 370 g/mol. The summed E-state index contributed by atoms with van der Waals surface area (Å²) in [5.74, 6) is 1.20. The standard InChI is InChI=1S/C21H30N4O2/c1-16-4-7-19(27-3)17(12-16)13-24-8-10-25(11-9-24)14-20(26)23-21(2,15-22)18-5-6-18/h4,7,12,18H,5-6,8-11,13-14H2,1-3H3,(H,23,26)/t21-/m1/s1. The Hall–Kier alpha value is -2.10. The second-order valence-electron chi connectivity index (χ2n) is 8.00. The van der Waals surface area contributed by atoms with Gasteiger partial charge in [0, 0.05) is 38.3 Å². The molecule has 6 heteroatoms. The van der Waals surface area contributed by atoms with Crippen LogP contribution in [0.3, 0.4) is 0 Å². The molecule has 1 N–H and O–H groups in total. The predicted molar refractivity (Wildman–Crippen MR) is 104 cm³/mol. The van der Waals surface area contributed by atoms with E-state index in [1.54, 1.807) is 7.11 Å². The summed E-state index contributed by atoms with van der Waals surface area (Å²) in [5.41, 5.74) is 1.73. The van der Waals surface area contributed by atoms with Gasteiger partial charge in [-0.3, -0.25) is 14.6 Å². The number of nitriles is 1. The van der Waals surface area contributed by atoms with Crippen molar-refractivity contribution in [2.24, 2.45) is 5.92 Å². The van der Waals surface area contributed by atoms with E-state index in [1.165, 1.54) is 11.1 Å². The molecule has 1 aliphatic carbocycles. The van der Waals surface area contributed by atoms with E-state index in [-0.39, 0.29) is 5.91 Å². The van der Waals surface area contributed by atoms with Crippen molar-refractivity contribution in [3.05, 3.63) is 29.3 Å². The first kappa shape index (κ1) is 19.7. The van der Waals surface area contributed by atoms with Crippen molar-refractivity contribution in [3.8, 4) is 11.8 Å². The van der Waals surface area contributed by atoms with Gasteiger partial charge < -0.3 is 10.1 Å². The molecular weight excluding hydrogens is 340 g/mol. The lowest BCUT2D eigenvalue weighted by atomic mass is 9.98. The number of carbonyl (C=O) groups excluding carboxylic acids is 1. The average Bonchev–Trinajstić information content (AvgIpc) is 3.49. The predicted octanol–water partition coefficient (Wildman–Crippen LogP) is 1.93. The zero-order chi connectivity index (χ0) is 19.4. The number of methoxy groups -OCH3 is 1. The van der Waals surface area contributed by atoms with E-state index in [0.717, 1.165) is 51.3 Å². The molecule has 1 saturated carbocycles. The molecule has 2 aliphatic rings. The maximum Gasteiger partial charge on any atom is 0.235 e. The van der Waals surface area contributed by atoms with Gasteiger partial charge in [0.15, 0.2) is 0 Å². The van der Waals surface area contributed by atoms with Crippen LogP contribution in [-0.2, 0) is 11.3 Å². The lowest BCUT2D eigenvalue weighted by Gasteiger charge is -2.35. The van der Waals surface area contributed by atoms with Gasteiger partial charge in [-0.05, 0) is 38.7 Å². The number of nitrogens with one attached hydrogen (secondary N) is 1. The number of hydrogen-bond donors (Lipinski definition) is 1. The smallest absolute Gasteiger partial charge is 0.235 e. The van der Waals surface area contributed by atoms with Gasteiger partial charge in [-0.2, -0.15) is 5.26 Å². The third-order valence-electron chi connectivity index (χ3n) is 5.69. The fourth-order valence-corrected chi connectivity index (χ4v) is 3.79. The van der Waals surface area contributed by atoms with Crippen LogP contribution in [0.2, 0.25) is 0 Å². The molecule has 1 atom stereocenters. The molecule has 1 aromatic carbocycles. The number of benzene rings is 1. The molecule has 1 aliphatic heterocycles. The van der Waals surface area contributed by atoms with Gasteiger partial charge >= 0.3 is 0 Å². The molecule has 1 aromatic rings. The summed E-state index contributed by atoms with van der Waals surface area (Å²) >= 11 is 0. The van der Waals surface area contributed by atoms with E-state index < -0.39 is 5.54 Å². The highest BCUT2D eigenvalue weighted by atomic mass is 16.5. The highest BCUT2D eigenvalue weighted by Gasteiger charge is 2.43. The molecule has 0 radical (unpaired) electrons. The second kappa shape index (κ2) is 8.28. The zero-order valence-electron chi connectivity index (χ0n) is 16.6. The number of aryl methyl sites for hydroxylation is 1. The van der Waals surface area contributed by atoms with E-state index in [9.17, 15) is 10.1 Å². The quantitative estimate of drug-likeness (QED) is 0.794. The van der Waals surface area contributed by atoms with Crippen molar-refractivity contribution < 1.29 is 9.53 Å². The molecule has 0 spiro atoms. The molecule has 0 unspecified atom stereocenters. The van der Waals surface area contributed by atoms with Crippen molar-refractivity contribution in [1.82, 2.24) is 15.1 Å². The molecule has 6 nitrogen and oxygen atoms in total. The van der Waals surface area contributed by atoms with Crippen molar-refractivity contribution in [3.63, 3.8) is 0 Å². The lowest BCUT2D eigenvalue weighted by molar-refractivity contribution is -0.124. The Kier molecular flexibility index (Phi) is 6.03. The number of hydrogen-bond acceptors (Lipinski definition) is 5. The van der Waals surface area contributed by atoms with E-state index in [2.05, 4.69) is 40.2 Å². The minimum Gasteiger partial charge on any atom is -0.496 e. The van der Waals surface area contributed by atoms with E-state index in [4.69, 9.17) is 4.74 Å². The second-order valence-corrected chi connectivity index (χ2v) is 8.00. The van der Waals surface area contributed by atoms with Crippen LogP contribution in [-0.4, -0.2) is 61.1 Å². The van der Waals surface area contributed by atoms with Crippen molar-refractivity contribution in [1.29, 1.82) is 5.26 Å². The largest absolute Gasteiger partial charge is 0.496 e. The molecule has 0 bridgehead atoms. The Labute approximate surface area is 162 Å². The molecule has 1 amide bonds. The van der Waals surface area contributed by atoms with Gasteiger partial charge in [0.1, 0.15) is 11.3 Å². The Balaban J connectivity index is 1.47. The van der Waals surface area contributed by atoms with Gasteiger partial charge in [-0.15, -0.1) is 0 Å². The first-order valence-electron chi connectivity index (χ1n) is 9.74. The fraction of sp³-hybridized carbons (Fsp3) is 0.619. The normalized spacial score (nSPS) is 20.5. The fourth-order valence-electron chi connectivity index (χ4n) is 3.79. The van der Waals surface area contributed by atoms with Crippen LogP contribution in [0.1, 0.15) is 30.9 Å². The summed E-state index contributed by atoms with van der Waals surface area (Å²) < 4.78 is 5.48. The van der Waals surface area contributed by atoms with E-state index in [0.29, 0.717) is 12.5 Å². The number of piperazine rings is 1. The van der Waals surface area contributed by atoms with Crippen LogP contribution in [0, 0.1) is 24.2 Å². The van der Waals surface area contributed by atoms with Crippen LogP contribution < -0.4 is 10.1 Å². The molecule has 27 heavy (non-hydrogen) atoms.